The molecule has 1 aromatic carbocycles. The van der Waals surface area contributed by atoms with Gasteiger partial charge >= 0.3 is 0 Å². The lowest BCUT2D eigenvalue weighted by molar-refractivity contribution is -0.149. The highest BCUT2D eigenvalue weighted by Gasteiger charge is 2.39. The summed E-state index contributed by atoms with van der Waals surface area (Å²) in [4.78, 5) is 14.8. The van der Waals surface area contributed by atoms with Crippen LogP contribution in [0, 0.1) is 13.8 Å². The second-order valence-electron chi connectivity index (χ2n) is 5.40. The van der Waals surface area contributed by atoms with Gasteiger partial charge in [-0.3, -0.25) is 4.79 Å². The Bertz CT molecular complexity index is 508. The Hall–Kier alpha value is -0.520. The Morgan fingerprint density at radius 3 is 2.63 bits per heavy atom. The molecule has 0 spiro atoms. The number of carbonyl (C=O) groups is 1. The van der Waals surface area contributed by atoms with Crippen molar-refractivity contribution in [2.45, 2.75) is 31.3 Å². The quantitative estimate of drug-likeness (QED) is 0.858. The van der Waals surface area contributed by atoms with Crippen molar-refractivity contribution < 1.29 is 9.90 Å². The lowest BCUT2D eigenvalue weighted by Crippen LogP contribution is -2.62. The normalized spacial score (nSPS) is 17.2. The molecule has 1 fully saturated rings. The van der Waals surface area contributed by atoms with Crippen molar-refractivity contribution >= 4 is 33.6 Å². The van der Waals surface area contributed by atoms with E-state index < -0.39 is 5.60 Å². The van der Waals surface area contributed by atoms with Gasteiger partial charge in [0.2, 0.25) is 5.91 Å². The number of hydrogen-bond donors (Lipinski definition) is 1. The zero-order valence-corrected chi connectivity index (χ0v) is 13.8. The lowest BCUT2D eigenvalue weighted by atomic mass is 9.97. The molecule has 1 heterocycles. The van der Waals surface area contributed by atoms with E-state index in [2.05, 4.69) is 28.1 Å². The predicted octanol–water partition coefficient (Wildman–Crippen LogP) is 2.75. The van der Waals surface area contributed by atoms with Crippen LogP contribution in [-0.2, 0) is 4.79 Å². The van der Waals surface area contributed by atoms with E-state index >= 15 is 0 Å². The van der Waals surface area contributed by atoms with E-state index in [9.17, 15) is 9.90 Å². The standard InChI is InChI=1S/C14H18BrNO2S/c1-9-5-12(10(2)4-11(9)15)19-6-13(17)16-7-14(3,18)8-16/h4-5,18H,6-8H2,1-3H3. The van der Waals surface area contributed by atoms with E-state index in [0.29, 0.717) is 18.8 Å². The number of thioether (sulfide) groups is 1. The Kier molecular flexibility index (Phi) is 4.28. The predicted molar refractivity (Wildman–Crippen MR) is 81.5 cm³/mol. The molecule has 1 saturated heterocycles. The topological polar surface area (TPSA) is 40.5 Å². The van der Waals surface area contributed by atoms with Crippen molar-refractivity contribution in [1.29, 1.82) is 0 Å². The lowest BCUT2D eigenvalue weighted by Gasteiger charge is -2.44. The molecule has 19 heavy (non-hydrogen) atoms. The number of aliphatic hydroxyl groups is 1. The molecule has 1 aromatic rings. The monoisotopic (exact) mass is 343 g/mol. The zero-order chi connectivity index (χ0) is 14.2. The summed E-state index contributed by atoms with van der Waals surface area (Å²) in [5, 5.41) is 9.62. The van der Waals surface area contributed by atoms with E-state index in [0.717, 1.165) is 9.37 Å². The van der Waals surface area contributed by atoms with Gasteiger partial charge in [-0.15, -0.1) is 11.8 Å². The second-order valence-corrected chi connectivity index (χ2v) is 7.27. The number of nitrogens with zero attached hydrogens (tertiary/aromatic N) is 1. The molecule has 0 aliphatic carbocycles. The van der Waals surface area contributed by atoms with Gasteiger partial charge in [-0.2, -0.15) is 0 Å². The van der Waals surface area contributed by atoms with Crippen LogP contribution < -0.4 is 0 Å². The maximum absolute atomic E-state index is 11.9. The number of likely N-dealkylation sites (tertiary alicyclic amines) is 1. The third-order valence-electron chi connectivity index (χ3n) is 3.22. The smallest absolute Gasteiger partial charge is 0.233 e. The molecule has 5 heteroatoms. The van der Waals surface area contributed by atoms with Crippen LogP contribution in [0.4, 0.5) is 0 Å². The molecule has 1 N–H and O–H groups in total. The Balaban J connectivity index is 1.93. The maximum Gasteiger partial charge on any atom is 0.233 e. The summed E-state index contributed by atoms with van der Waals surface area (Å²) in [6.07, 6.45) is 0. The first kappa shape index (κ1) is 14.9. The van der Waals surface area contributed by atoms with Crippen LogP contribution in [0.1, 0.15) is 18.1 Å². The molecule has 3 nitrogen and oxygen atoms in total. The van der Waals surface area contributed by atoms with Gasteiger partial charge in [-0.25, -0.2) is 0 Å². The fourth-order valence-electron chi connectivity index (χ4n) is 2.09. The molecule has 2 rings (SSSR count). The third-order valence-corrected chi connectivity index (χ3v) is 5.22. The highest BCUT2D eigenvalue weighted by atomic mass is 79.9. The fourth-order valence-corrected chi connectivity index (χ4v) is 3.56. The number of aryl methyl sites for hydroxylation is 2. The average Bonchev–Trinajstić information content (AvgIpc) is 2.28. The average molecular weight is 344 g/mol. The molecule has 0 saturated carbocycles. The van der Waals surface area contributed by atoms with Crippen LogP contribution in [0.15, 0.2) is 21.5 Å². The summed E-state index contributed by atoms with van der Waals surface area (Å²) in [6.45, 7) is 6.75. The molecule has 0 atom stereocenters. The van der Waals surface area contributed by atoms with Gasteiger partial charge < -0.3 is 10.0 Å². The van der Waals surface area contributed by atoms with Crippen molar-refractivity contribution in [1.82, 2.24) is 4.90 Å². The Morgan fingerprint density at radius 2 is 2.05 bits per heavy atom. The summed E-state index contributed by atoms with van der Waals surface area (Å²) < 4.78 is 1.10. The first-order valence-electron chi connectivity index (χ1n) is 6.18. The molecular formula is C14H18BrNO2S. The summed E-state index contributed by atoms with van der Waals surface area (Å²) in [6, 6.07) is 4.18. The summed E-state index contributed by atoms with van der Waals surface area (Å²) in [5.74, 6) is 0.523. The van der Waals surface area contributed by atoms with Gasteiger partial charge in [0.1, 0.15) is 0 Å². The molecular weight excluding hydrogens is 326 g/mol. The largest absolute Gasteiger partial charge is 0.386 e. The van der Waals surface area contributed by atoms with Crippen LogP contribution in [0.5, 0.6) is 0 Å². The van der Waals surface area contributed by atoms with Crippen LogP contribution >= 0.6 is 27.7 Å². The van der Waals surface area contributed by atoms with Crippen molar-refractivity contribution in [3.63, 3.8) is 0 Å². The molecule has 1 amide bonds. The van der Waals surface area contributed by atoms with Crippen LogP contribution in [-0.4, -0.2) is 40.4 Å². The Labute approximate surface area is 126 Å². The minimum atomic E-state index is -0.690. The van der Waals surface area contributed by atoms with Crippen molar-refractivity contribution in [2.24, 2.45) is 0 Å². The van der Waals surface area contributed by atoms with Gasteiger partial charge in [0.15, 0.2) is 0 Å². The minimum absolute atomic E-state index is 0.0940. The van der Waals surface area contributed by atoms with Gasteiger partial charge in [-0.1, -0.05) is 15.9 Å². The number of benzene rings is 1. The van der Waals surface area contributed by atoms with E-state index in [-0.39, 0.29) is 5.91 Å². The summed E-state index contributed by atoms with van der Waals surface area (Å²) >= 11 is 5.07. The molecule has 0 unspecified atom stereocenters. The number of β-amino-alcohol motifs (C(OH)–C–C–N with tert-alkyl or cyclic N) is 1. The maximum atomic E-state index is 11.9. The van der Waals surface area contributed by atoms with Crippen LogP contribution in [0.25, 0.3) is 0 Å². The third kappa shape index (κ3) is 3.52. The number of rotatable bonds is 3. The molecule has 1 aliphatic rings. The second kappa shape index (κ2) is 5.46. The van der Waals surface area contributed by atoms with Crippen molar-refractivity contribution in [2.75, 3.05) is 18.8 Å². The van der Waals surface area contributed by atoms with E-state index in [1.165, 1.54) is 11.1 Å². The first-order valence-corrected chi connectivity index (χ1v) is 7.96. The van der Waals surface area contributed by atoms with E-state index in [1.54, 1.807) is 23.6 Å². The van der Waals surface area contributed by atoms with E-state index in [4.69, 9.17) is 0 Å². The molecule has 1 aliphatic heterocycles. The SMILES string of the molecule is Cc1cc(SCC(=O)N2CC(C)(O)C2)c(C)cc1Br. The number of carbonyl (C=O) groups excluding carboxylic acids is 1. The Morgan fingerprint density at radius 1 is 1.42 bits per heavy atom. The summed E-state index contributed by atoms with van der Waals surface area (Å²) in [7, 11) is 0. The van der Waals surface area contributed by atoms with Crippen LogP contribution in [0.3, 0.4) is 0 Å². The first-order chi connectivity index (χ1) is 8.78. The number of hydrogen-bond acceptors (Lipinski definition) is 3. The molecule has 0 radical (unpaired) electrons. The highest BCUT2D eigenvalue weighted by Crippen LogP contribution is 2.29. The fraction of sp³-hybridized carbons (Fsp3) is 0.500. The summed E-state index contributed by atoms with van der Waals surface area (Å²) in [5.41, 5.74) is 1.66. The number of halogens is 1. The van der Waals surface area contributed by atoms with Crippen molar-refractivity contribution in [3.8, 4) is 0 Å². The molecule has 0 aromatic heterocycles. The minimum Gasteiger partial charge on any atom is -0.386 e. The number of amides is 1. The zero-order valence-electron chi connectivity index (χ0n) is 11.4. The van der Waals surface area contributed by atoms with Crippen LogP contribution in [0.2, 0.25) is 0 Å². The highest BCUT2D eigenvalue weighted by molar-refractivity contribution is 9.10. The van der Waals surface area contributed by atoms with Gasteiger partial charge in [-0.05, 0) is 44.0 Å². The molecule has 0 bridgehead atoms. The van der Waals surface area contributed by atoms with Gasteiger partial charge in [0, 0.05) is 9.37 Å². The van der Waals surface area contributed by atoms with E-state index in [1.807, 2.05) is 13.8 Å². The van der Waals surface area contributed by atoms with Crippen molar-refractivity contribution in [3.05, 3.63) is 27.7 Å². The molecule has 104 valence electrons. The van der Waals surface area contributed by atoms with Gasteiger partial charge in [0.05, 0.1) is 24.4 Å². The van der Waals surface area contributed by atoms with Gasteiger partial charge in [0.25, 0.3) is 0 Å².